The Morgan fingerprint density at radius 3 is 3.11 bits per heavy atom. The van der Waals surface area contributed by atoms with Crippen molar-refractivity contribution in [3.63, 3.8) is 0 Å². The molecule has 1 aromatic heterocycles. The van der Waals surface area contributed by atoms with Crippen molar-refractivity contribution < 1.29 is 0 Å². The van der Waals surface area contributed by atoms with Gasteiger partial charge < -0.3 is 15.6 Å². The minimum atomic E-state index is 0.554. The van der Waals surface area contributed by atoms with Gasteiger partial charge in [0.15, 0.2) is 5.96 Å². The Hall–Kier alpha value is -2.55. The summed E-state index contributed by atoms with van der Waals surface area (Å²) in [6, 6.07) is 3.97. The summed E-state index contributed by atoms with van der Waals surface area (Å²) in [6.45, 7) is 3.61. The van der Waals surface area contributed by atoms with Crippen LogP contribution >= 0.6 is 0 Å². The summed E-state index contributed by atoms with van der Waals surface area (Å²) in [6.07, 6.45) is 1.60. The first kappa shape index (κ1) is 10.6. The Kier molecular flexibility index (Phi) is 2.38. The number of imidazole rings is 1. The lowest BCUT2D eigenvalue weighted by molar-refractivity contribution is 0.959. The van der Waals surface area contributed by atoms with E-state index in [-0.39, 0.29) is 0 Å². The summed E-state index contributed by atoms with van der Waals surface area (Å²) in [5.74, 6) is 0.751. The van der Waals surface area contributed by atoms with Gasteiger partial charge in [0.05, 0.1) is 24.0 Å². The second-order valence-corrected chi connectivity index (χ2v) is 4.12. The number of guanidine groups is 1. The van der Waals surface area contributed by atoms with E-state index in [1.165, 1.54) is 0 Å². The van der Waals surface area contributed by atoms with Crippen molar-refractivity contribution in [2.24, 2.45) is 4.99 Å². The number of benzene rings is 1. The number of aromatic amines is 1. The van der Waals surface area contributed by atoms with Crippen LogP contribution in [0.4, 0.5) is 5.69 Å². The predicted octanol–water partition coefficient (Wildman–Crippen LogP) is 1.11. The Morgan fingerprint density at radius 2 is 2.39 bits per heavy atom. The van der Waals surface area contributed by atoms with Crippen LogP contribution in [0.3, 0.4) is 0 Å². The highest BCUT2D eigenvalue weighted by Gasteiger charge is 2.13. The molecule has 0 atom stereocenters. The van der Waals surface area contributed by atoms with E-state index in [0.29, 0.717) is 11.1 Å². The average Bonchev–Trinajstić information content (AvgIpc) is 3.03. The summed E-state index contributed by atoms with van der Waals surface area (Å²) in [5.41, 5.74) is 4.05. The third-order valence-corrected chi connectivity index (χ3v) is 3.01. The number of H-pyrrole nitrogens is 1. The van der Waals surface area contributed by atoms with Crippen molar-refractivity contribution in [3.8, 4) is 6.07 Å². The molecule has 2 heterocycles. The molecule has 0 radical (unpaired) electrons. The first-order valence-electron chi connectivity index (χ1n) is 5.71. The summed E-state index contributed by atoms with van der Waals surface area (Å²) >= 11 is 0. The standard InChI is InChI=1S/C12H12N6/c1-7-9(18-12-14-2-3-15-12)4-8(5-13)11-10(7)16-6-17-11/h4,6H,2-3H2,1H3,(H,16,17)(H2,14,15,18). The van der Waals surface area contributed by atoms with Gasteiger partial charge in [-0.1, -0.05) is 0 Å². The zero-order valence-corrected chi connectivity index (χ0v) is 9.91. The van der Waals surface area contributed by atoms with E-state index in [2.05, 4.69) is 31.7 Å². The van der Waals surface area contributed by atoms with Gasteiger partial charge in [0, 0.05) is 12.2 Å². The molecule has 0 saturated heterocycles. The molecular formula is C12H12N6. The van der Waals surface area contributed by atoms with Crippen LogP contribution in [0, 0.1) is 18.3 Å². The number of hydrogen-bond acceptors (Lipinski definition) is 5. The first-order chi connectivity index (χ1) is 8.79. The topological polar surface area (TPSA) is 88.9 Å². The molecule has 6 heteroatoms. The van der Waals surface area contributed by atoms with E-state index < -0.39 is 0 Å². The van der Waals surface area contributed by atoms with Crippen molar-refractivity contribution in [2.75, 3.05) is 18.4 Å². The van der Waals surface area contributed by atoms with E-state index in [1.54, 1.807) is 12.4 Å². The molecular weight excluding hydrogens is 228 g/mol. The molecule has 0 amide bonds. The van der Waals surface area contributed by atoms with Gasteiger partial charge in [-0.15, -0.1) is 0 Å². The van der Waals surface area contributed by atoms with Gasteiger partial charge in [-0.3, -0.25) is 4.99 Å². The van der Waals surface area contributed by atoms with E-state index >= 15 is 0 Å². The van der Waals surface area contributed by atoms with Gasteiger partial charge in [0.2, 0.25) is 0 Å². The van der Waals surface area contributed by atoms with Crippen LogP contribution in [0.25, 0.3) is 11.0 Å². The maximum atomic E-state index is 9.15. The first-order valence-corrected chi connectivity index (χ1v) is 5.71. The number of hydrogen-bond donors (Lipinski definition) is 3. The summed E-state index contributed by atoms with van der Waals surface area (Å²) in [5, 5.41) is 15.5. The monoisotopic (exact) mass is 240 g/mol. The normalized spacial score (nSPS) is 14.1. The van der Waals surface area contributed by atoms with Crippen LogP contribution in [0.15, 0.2) is 17.4 Å². The molecule has 0 unspecified atom stereocenters. The molecule has 6 nitrogen and oxygen atoms in total. The zero-order valence-electron chi connectivity index (χ0n) is 9.91. The highest BCUT2D eigenvalue weighted by molar-refractivity contribution is 5.99. The lowest BCUT2D eigenvalue weighted by Gasteiger charge is -2.10. The maximum absolute atomic E-state index is 9.15. The van der Waals surface area contributed by atoms with E-state index in [4.69, 9.17) is 5.26 Å². The summed E-state index contributed by atoms with van der Waals surface area (Å²) in [4.78, 5) is 11.5. The van der Waals surface area contributed by atoms with Gasteiger partial charge in [-0.2, -0.15) is 5.26 Å². The number of rotatable bonds is 1. The quantitative estimate of drug-likeness (QED) is 0.696. The number of aliphatic imine (C=N–C) groups is 1. The number of anilines is 1. The minimum Gasteiger partial charge on any atom is -0.354 e. The predicted molar refractivity (Wildman–Crippen MR) is 69.5 cm³/mol. The molecule has 1 aliphatic heterocycles. The molecule has 18 heavy (non-hydrogen) atoms. The minimum absolute atomic E-state index is 0.554. The molecule has 1 aliphatic rings. The Bertz CT molecular complexity index is 676. The van der Waals surface area contributed by atoms with E-state index in [0.717, 1.165) is 35.8 Å². The zero-order chi connectivity index (χ0) is 12.5. The van der Waals surface area contributed by atoms with Crippen LogP contribution in [0.5, 0.6) is 0 Å². The van der Waals surface area contributed by atoms with Crippen LogP contribution in [-0.4, -0.2) is 29.0 Å². The fraction of sp³-hybridized carbons (Fsp3) is 0.250. The molecule has 0 bridgehead atoms. The highest BCUT2D eigenvalue weighted by Crippen LogP contribution is 2.26. The van der Waals surface area contributed by atoms with Gasteiger partial charge in [-0.25, -0.2) is 4.98 Å². The number of aromatic nitrogens is 2. The van der Waals surface area contributed by atoms with Crippen LogP contribution < -0.4 is 10.6 Å². The van der Waals surface area contributed by atoms with Crippen molar-refractivity contribution in [2.45, 2.75) is 6.92 Å². The molecule has 0 saturated carbocycles. The Labute approximate surface area is 104 Å². The third-order valence-electron chi connectivity index (χ3n) is 3.01. The SMILES string of the molecule is Cc1c(NC2=NCCN2)cc(C#N)c2nc[nH]c12. The van der Waals surface area contributed by atoms with Gasteiger partial charge in [0.25, 0.3) is 0 Å². The molecule has 3 N–H and O–H groups in total. The molecule has 1 aromatic carbocycles. The number of nitriles is 1. The average molecular weight is 240 g/mol. The number of nitrogens with zero attached hydrogens (tertiary/aromatic N) is 3. The third kappa shape index (κ3) is 1.57. The van der Waals surface area contributed by atoms with Crippen molar-refractivity contribution in [1.82, 2.24) is 15.3 Å². The molecule has 0 aliphatic carbocycles. The van der Waals surface area contributed by atoms with Gasteiger partial charge >= 0.3 is 0 Å². The number of nitrogens with one attached hydrogen (secondary N) is 3. The molecule has 0 fully saturated rings. The van der Waals surface area contributed by atoms with Crippen molar-refractivity contribution in [3.05, 3.63) is 23.5 Å². The number of aryl methyl sites for hydroxylation is 1. The number of fused-ring (bicyclic) bond motifs is 1. The largest absolute Gasteiger partial charge is 0.354 e. The summed E-state index contributed by atoms with van der Waals surface area (Å²) in [7, 11) is 0. The molecule has 0 spiro atoms. The maximum Gasteiger partial charge on any atom is 0.195 e. The smallest absolute Gasteiger partial charge is 0.195 e. The van der Waals surface area contributed by atoms with E-state index in [1.807, 2.05) is 6.92 Å². The molecule has 3 rings (SSSR count). The lowest BCUT2D eigenvalue weighted by atomic mass is 10.1. The van der Waals surface area contributed by atoms with Gasteiger partial charge in [-0.05, 0) is 18.6 Å². The Balaban J connectivity index is 2.11. The van der Waals surface area contributed by atoms with E-state index in [9.17, 15) is 0 Å². The lowest BCUT2D eigenvalue weighted by Crippen LogP contribution is -2.26. The Morgan fingerprint density at radius 1 is 1.50 bits per heavy atom. The molecule has 2 aromatic rings. The molecule has 90 valence electrons. The van der Waals surface area contributed by atoms with Crippen molar-refractivity contribution >= 4 is 22.7 Å². The van der Waals surface area contributed by atoms with Crippen LogP contribution in [0.2, 0.25) is 0 Å². The fourth-order valence-corrected chi connectivity index (χ4v) is 2.06. The van der Waals surface area contributed by atoms with Gasteiger partial charge in [0.1, 0.15) is 11.6 Å². The fourth-order valence-electron chi connectivity index (χ4n) is 2.06. The van der Waals surface area contributed by atoms with Crippen molar-refractivity contribution in [1.29, 1.82) is 5.26 Å². The second-order valence-electron chi connectivity index (χ2n) is 4.12. The summed E-state index contributed by atoms with van der Waals surface area (Å²) < 4.78 is 0. The highest BCUT2D eigenvalue weighted by atomic mass is 15.2. The van der Waals surface area contributed by atoms with Crippen LogP contribution in [-0.2, 0) is 0 Å². The van der Waals surface area contributed by atoms with Crippen LogP contribution in [0.1, 0.15) is 11.1 Å². The second kappa shape index (κ2) is 4.04.